The van der Waals surface area contributed by atoms with Gasteiger partial charge in [-0.3, -0.25) is 0 Å². The predicted octanol–water partition coefficient (Wildman–Crippen LogP) is -11.0. The van der Waals surface area contributed by atoms with E-state index in [4.69, 9.17) is 0 Å². The van der Waals surface area contributed by atoms with Crippen LogP contribution in [-0.4, -0.2) is 0 Å². The maximum absolute atomic E-state index is 0. The molecule has 0 saturated carbocycles. The van der Waals surface area contributed by atoms with E-state index in [0.29, 0.717) is 0 Å². The van der Waals surface area contributed by atoms with Gasteiger partial charge in [0.2, 0.25) is 0 Å². The summed E-state index contributed by atoms with van der Waals surface area (Å²) in [7, 11) is 0. The van der Waals surface area contributed by atoms with Gasteiger partial charge in [-0.05, 0) is 0 Å². The second-order valence-corrected chi connectivity index (χ2v) is 0. The Balaban J connectivity index is 0. The Labute approximate surface area is 106 Å². The molecular weight excluding hydrogens is 327 g/mol. The Hall–Kier alpha value is 1.54. The molecule has 84 valence electrons. The first-order valence-electron chi connectivity index (χ1n) is 0. The van der Waals surface area contributed by atoms with Crippen molar-refractivity contribution in [2.45, 2.75) is 0 Å². The van der Waals surface area contributed by atoms with Crippen molar-refractivity contribution in [3.05, 3.63) is 0 Å². The maximum atomic E-state index is 0. The molecule has 0 aromatic heterocycles. The summed E-state index contributed by atoms with van der Waals surface area (Å²) in [6, 6.07) is 0. The molecule has 6 nitrogen and oxygen atoms in total. The Bertz CT molecular complexity index is 14.5. The number of hydrogen-bond donors (Lipinski definition) is 6. The molecule has 0 fully saturated rings. The van der Waals surface area contributed by atoms with E-state index in [1.807, 2.05) is 0 Å². The van der Waals surface area contributed by atoms with E-state index in [-0.39, 0.29) is 106 Å². The Morgan fingerprint density at radius 1 is 0.273 bits per heavy atom. The van der Waals surface area contributed by atoms with Crippen molar-refractivity contribution in [3.63, 3.8) is 0 Å². The molecule has 0 aromatic carbocycles. The number of rotatable bonds is 0. The largest absolute Gasteiger partial charge is 4.00 e. The fourth-order valence-electron chi connectivity index (χ4n) is 0. The molecule has 0 aromatic rings. The third-order valence-corrected chi connectivity index (χ3v) is 0. The van der Waals surface area contributed by atoms with Gasteiger partial charge in [0, 0.05) is 0 Å². The minimum absolute atomic E-state index is 0. The summed E-state index contributed by atoms with van der Waals surface area (Å²) < 4.78 is 0. The Morgan fingerprint density at radius 2 is 0.273 bits per heavy atom. The van der Waals surface area contributed by atoms with Gasteiger partial charge in [0.25, 0.3) is 0 Å². The number of hydrogen-bond acceptors (Lipinski definition) is 6. The summed E-state index contributed by atoms with van der Waals surface area (Å²) in [5.74, 6) is 0. The molecule has 0 radical (unpaired) electrons. The van der Waals surface area contributed by atoms with E-state index in [2.05, 4.69) is 0 Å². The third kappa shape index (κ3) is 441. The van der Waals surface area contributed by atoms with E-state index in [9.17, 15) is 0 Å². The van der Waals surface area contributed by atoms with Crippen LogP contribution in [0.4, 0.5) is 0 Å². The van der Waals surface area contributed by atoms with Gasteiger partial charge >= 0.3 is 19.5 Å². The van der Waals surface area contributed by atoms with Crippen molar-refractivity contribution in [1.29, 1.82) is 0 Å². The minimum atomic E-state index is 0. The predicted molar refractivity (Wildman–Crippen MR) is 30.1 cm³/mol. The van der Waals surface area contributed by atoms with Gasteiger partial charge in [-0.2, -0.15) is 0 Å². The fourth-order valence-corrected chi connectivity index (χ4v) is 0. The Kier molecular flexibility index (Phi) is 34400. The van der Waals surface area contributed by atoms with Crippen LogP contribution in [0.1, 0.15) is 0 Å². The van der Waals surface area contributed by atoms with E-state index >= 15 is 0 Å². The summed E-state index contributed by atoms with van der Waals surface area (Å²) in [5.41, 5.74) is 0. The van der Waals surface area contributed by atoms with Gasteiger partial charge in [-0.1, -0.05) is 0 Å². The van der Waals surface area contributed by atoms with Crippen LogP contribution in [0.5, 0.6) is 0 Å². The molecule has 0 amide bonds. The van der Waals surface area contributed by atoms with E-state index in [1.165, 1.54) is 0 Å². The van der Waals surface area contributed by atoms with E-state index < -0.39 is 0 Å². The van der Waals surface area contributed by atoms with Crippen molar-refractivity contribution in [1.82, 2.24) is 36.9 Å². The summed E-state index contributed by atoms with van der Waals surface area (Å²) in [6.45, 7) is 0. The van der Waals surface area contributed by atoms with Crippen LogP contribution in [0.15, 0.2) is 0 Å². The molecule has 0 bridgehead atoms. The molecule has 18 N–H and O–H groups in total. The quantitative estimate of drug-likeness (QED) is 0.234. The van der Waals surface area contributed by atoms with Crippen molar-refractivity contribution in [2.24, 2.45) is 0 Å². The average Bonchev–Trinajstić information content (AvgIpc) is 0. The van der Waals surface area contributed by atoms with E-state index in [0.717, 1.165) is 0 Å². The first kappa shape index (κ1) is 702. The van der Waals surface area contributed by atoms with Crippen LogP contribution in [0.25, 0.3) is 0 Å². The van der Waals surface area contributed by atoms with Crippen molar-refractivity contribution >= 4 is 0 Å². The standard InChI is InChI=1S/4ClH.6H3N.Ru/h4*1H;6*1H3;/q;;;;;;;;;;+4/p-4. The molecule has 11 heteroatoms. The first-order valence-corrected chi connectivity index (χ1v) is 0. The first-order chi connectivity index (χ1) is 0. The second kappa shape index (κ2) is 539. The van der Waals surface area contributed by atoms with Crippen LogP contribution in [0.2, 0.25) is 0 Å². The zero-order chi connectivity index (χ0) is 0. The molecule has 0 unspecified atom stereocenters. The Morgan fingerprint density at radius 3 is 0.273 bits per heavy atom. The van der Waals surface area contributed by atoms with Crippen LogP contribution < -0.4 is 86.5 Å². The molecule has 0 spiro atoms. The monoisotopic (exact) mass is 344 g/mol. The summed E-state index contributed by atoms with van der Waals surface area (Å²) >= 11 is 0. The van der Waals surface area contributed by atoms with Gasteiger partial charge in [0.05, 0.1) is 0 Å². The SMILES string of the molecule is N.N.N.N.N.N.[Cl-].[Cl-].[Cl-].[Cl-].[Ru+4]. The minimum Gasteiger partial charge on any atom is -1.00 e. The number of halogens is 4. The molecular formula is H18Cl4N6Ru. The second-order valence-electron chi connectivity index (χ2n) is 0. The van der Waals surface area contributed by atoms with Crippen molar-refractivity contribution < 1.29 is 69.1 Å². The fraction of sp³-hybridized carbons (Fsp3) is 0. The zero-order valence-corrected chi connectivity index (χ0v) is 10.9. The maximum Gasteiger partial charge on any atom is 4.00 e. The van der Waals surface area contributed by atoms with Crippen molar-refractivity contribution in [2.75, 3.05) is 0 Å². The molecule has 0 aliphatic heterocycles. The molecule has 0 atom stereocenters. The molecule has 11 heavy (non-hydrogen) atoms. The normalized spacial score (nSPS) is 0. The summed E-state index contributed by atoms with van der Waals surface area (Å²) in [6.07, 6.45) is 0. The topological polar surface area (TPSA) is 210 Å². The van der Waals surface area contributed by atoms with Gasteiger partial charge < -0.3 is 86.5 Å². The molecule has 0 aliphatic rings. The van der Waals surface area contributed by atoms with Crippen LogP contribution in [0.3, 0.4) is 0 Å². The molecule has 0 heterocycles. The summed E-state index contributed by atoms with van der Waals surface area (Å²) in [5, 5.41) is 0. The average molecular weight is 345 g/mol. The zero-order valence-electron chi connectivity index (χ0n) is 6.11. The summed E-state index contributed by atoms with van der Waals surface area (Å²) in [4.78, 5) is 0. The van der Waals surface area contributed by atoms with Crippen LogP contribution >= 0.6 is 0 Å². The third-order valence-electron chi connectivity index (χ3n) is 0. The molecule has 0 rings (SSSR count). The van der Waals surface area contributed by atoms with Crippen molar-refractivity contribution in [3.8, 4) is 0 Å². The van der Waals surface area contributed by atoms with Crippen LogP contribution in [0, 0.1) is 0 Å². The van der Waals surface area contributed by atoms with Gasteiger partial charge in [0.1, 0.15) is 0 Å². The molecule has 0 aliphatic carbocycles. The van der Waals surface area contributed by atoms with Gasteiger partial charge in [0.15, 0.2) is 0 Å². The van der Waals surface area contributed by atoms with Gasteiger partial charge in [-0.15, -0.1) is 0 Å². The van der Waals surface area contributed by atoms with Gasteiger partial charge in [-0.25, -0.2) is 0 Å². The van der Waals surface area contributed by atoms with E-state index in [1.54, 1.807) is 0 Å². The van der Waals surface area contributed by atoms with Crippen LogP contribution in [-0.2, 0) is 19.5 Å². The molecule has 0 saturated heterocycles. The smallest absolute Gasteiger partial charge is 1.00 e.